The van der Waals surface area contributed by atoms with Gasteiger partial charge in [0, 0.05) is 39.2 Å². The Labute approximate surface area is 103 Å². The Morgan fingerprint density at radius 1 is 1.56 bits per heavy atom. The highest BCUT2D eigenvalue weighted by Crippen LogP contribution is 2.06. The van der Waals surface area contributed by atoms with Gasteiger partial charge in [-0.3, -0.25) is 14.3 Å². The Morgan fingerprint density at radius 2 is 2.33 bits per heavy atom. The first-order valence-electron chi connectivity index (χ1n) is 5.45. The van der Waals surface area contributed by atoms with Crippen molar-refractivity contribution in [2.45, 2.75) is 0 Å². The molecule has 1 N–H and O–H groups in total. The molecule has 0 aliphatic rings. The second kappa shape index (κ2) is 5.01. The van der Waals surface area contributed by atoms with Gasteiger partial charge in [-0.05, 0) is 0 Å². The highest BCUT2D eigenvalue weighted by Gasteiger charge is 2.15. The number of carbonyl (C=O) groups excluding carboxylic acids is 1. The number of nitrogens with zero attached hydrogens (tertiary/aromatic N) is 3. The van der Waals surface area contributed by atoms with E-state index in [9.17, 15) is 9.59 Å². The number of carbonyl (C=O) groups is 1. The van der Waals surface area contributed by atoms with Crippen molar-refractivity contribution in [2.24, 2.45) is 7.05 Å². The quantitative estimate of drug-likeness (QED) is 0.736. The molecule has 0 fully saturated rings. The van der Waals surface area contributed by atoms with Crippen molar-refractivity contribution in [3.8, 4) is 0 Å². The van der Waals surface area contributed by atoms with Gasteiger partial charge in [0.2, 0.25) is 0 Å². The van der Waals surface area contributed by atoms with Crippen molar-refractivity contribution < 1.29 is 9.53 Å². The summed E-state index contributed by atoms with van der Waals surface area (Å²) < 4.78 is 7.73. The maximum absolute atomic E-state index is 11.9. The van der Waals surface area contributed by atoms with Crippen LogP contribution in [0.1, 0.15) is 10.4 Å². The summed E-state index contributed by atoms with van der Waals surface area (Å²) >= 11 is 0. The van der Waals surface area contributed by atoms with Crippen LogP contribution in [0.5, 0.6) is 0 Å². The third-order valence-electron chi connectivity index (χ3n) is 2.53. The number of hydrogen-bond acceptors (Lipinski definition) is 4. The SMILES string of the molecule is COCCNC(=O)c1cn(C)n2c(=O)ccnc12. The number of hydrogen-bond donors (Lipinski definition) is 1. The number of methoxy groups -OCH3 is 1. The molecule has 2 heterocycles. The molecule has 1 amide bonds. The third-order valence-corrected chi connectivity index (χ3v) is 2.53. The molecule has 0 aliphatic carbocycles. The first-order valence-corrected chi connectivity index (χ1v) is 5.45. The van der Waals surface area contributed by atoms with E-state index < -0.39 is 0 Å². The monoisotopic (exact) mass is 250 g/mol. The van der Waals surface area contributed by atoms with Gasteiger partial charge in [-0.15, -0.1) is 0 Å². The molecule has 96 valence electrons. The molecule has 7 heteroatoms. The lowest BCUT2D eigenvalue weighted by Crippen LogP contribution is -2.27. The fourth-order valence-electron chi connectivity index (χ4n) is 1.71. The van der Waals surface area contributed by atoms with Crippen LogP contribution in [-0.2, 0) is 11.8 Å². The maximum Gasteiger partial charge on any atom is 0.272 e. The van der Waals surface area contributed by atoms with Gasteiger partial charge in [0.05, 0.1) is 6.61 Å². The van der Waals surface area contributed by atoms with Crippen LogP contribution in [0.2, 0.25) is 0 Å². The molecule has 0 aliphatic heterocycles. The predicted octanol–water partition coefficient (Wildman–Crippen LogP) is -0.591. The van der Waals surface area contributed by atoms with E-state index in [0.29, 0.717) is 24.4 Å². The van der Waals surface area contributed by atoms with Crippen molar-refractivity contribution in [3.63, 3.8) is 0 Å². The van der Waals surface area contributed by atoms with Gasteiger partial charge in [0.25, 0.3) is 11.5 Å². The van der Waals surface area contributed by atoms with Crippen LogP contribution < -0.4 is 10.9 Å². The number of fused-ring (bicyclic) bond motifs is 1. The fraction of sp³-hybridized carbons (Fsp3) is 0.364. The smallest absolute Gasteiger partial charge is 0.272 e. The van der Waals surface area contributed by atoms with E-state index >= 15 is 0 Å². The number of aryl methyl sites for hydroxylation is 1. The van der Waals surface area contributed by atoms with Gasteiger partial charge < -0.3 is 10.1 Å². The molecule has 2 aromatic heterocycles. The Morgan fingerprint density at radius 3 is 3.06 bits per heavy atom. The summed E-state index contributed by atoms with van der Waals surface area (Å²) in [7, 11) is 3.24. The molecular formula is C11H14N4O3. The van der Waals surface area contributed by atoms with Crippen LogP contribution in [0.25, 0.3) is 5.65 Å². The standard InChI is InChI=1S/C11H14N4O3/c1-14-7-8(11(17)13-5-6-18-2)10-12-4-3-9(16)15(10)14/h3-4,7H,5-6H2,1-2H3,(H,13,17). The van der Waals surface area contributed by atoms with Gasteiger partial charge in [0.15, 0.2) is 5.65 Å². The zero-order chi connectivity index (χ0) is 13.1. The van der Waals surface area contributed by atoms with E-state index in [-0.39, 0.29) is 11.5 Å². The van der Waals surface area contributed by atoms with E-state index in [2.05, 4.69) is 10.3 Å². The zero-order valence-corrected chi connectivity index (χ0v) is 10.2. The molecular weight excluding hydrogens is 236 g/mol. The zero-order valence-electron chi connectivity index (χ0n) is 10.2. The first kappa shape index (κ1) is 12.3. The Bertz CT molecular complexity index is 629. The van der Waals surface area contributed by atoms with Crippen molar-refractivity contribution in [3.05, 3.63) is 34.4 Å². The minimum Gasteiger partial charge on any atom is -0.383 e. The average Bonchev–Trinajstić information content (AvgIpc) is 2.68. The summed E-state index contributed by atoms with van der Waals surface area (Å²) in [5.41, 5.74) is 0.490. The minimum atomic E-state index is -0.275. The van der Waals surface area contributed by atoms with Crippen LogP contribution in [0, 0.1) is 0 Å². The van der Waals surface area contributed by atoms with Gasteiger partial charge in [0.1, 0.15) is 5.56 Å². The molecule has 0 spiro atoms. The molecule has 7 nitrogen and oxygen atoms in total. The number of amides is 1. The summed E-state index contributed by atoms with van der Waals surface area (Å²) in [4.78, 5) is 27.6. The van der Waals surface area contributed by atoms with E-state index in [4.69, 9.17) is 4.74 Å². The Kier molecular flexibility index (Phi) is 3.42. The molecule has 0 aromatic carbocycles. The molecule has 0 atom stereocenters. The summed E-state index contributed by atoms with van der Waals surface area (Å²) in [5.74, 6) is -0.275. The average molecular weight is 250 g/mol. The van der Waals surface area contributed by atoms with Crippen molar-refractivity contribution in [1.29, 1.82) is 0 Å². The van der Waals surface area contributed by atoms with Crippen molar-refractivity contribution in [2.75, 3.05) is 20.3 Å². The second-order valence-electron chi connectivity index (χ2n) is 3.78. The lowest BCUT2D eigenvalue weighted by Gasteiger charge is -2.02. The predicted molar refractivity (Wildman–Crippen MR) is 64.6 cm³/mol. The molecule has 0 saturated heterocycles. The van der Waals surface area contributed by atoms with Gasteiger partial charge in [-0.25, -0.2) is 4.98 Å². The summed E-state index contributed by atoms with van der Waals surface area (Å²) in [5, 5.41) is 2.69. The van der Waals surface area contributed by atoms with Gasteiger partial charge in [-0.2, -0.15) is 4.52 Å². The van der Waals surface area contributed by atoms with Crippen LogP contribution in [0.3, 0.4) is 0 Å². The summed E-state index contributed by atoms with van der Waals surface area (Å²) in [6.07, 6.45) is 2.97. The van der Waals surface area contributed by atoms with E-state index in [1.807, 2.05) is 0 Å². The Balaban J connectivity index is 2.37. The first-order chi connectivity index (χ1) is 8.65. The van der Waals surface area contributed by atoms with Crippen LogP contribution in [-0.4, -0.2) is 40.3 Å². The van der Waals surface area contributed by atoms with Crippen LogP contribution >= 0.6 is 0 Å². The third kappa shape index (κ3) is 2.12. The lowest BCUT2D eigenvalue weighted by molar-refractivity contribution is 0.0938. The molecule has 2 aromatic rings. The lowest BCUT2D eigenvalue weighted by atomic mass is 10.3. The van der Waals surface area contributed by atoms with E-state index in [1.54, 1.807) is 20.4 Å². The summed E-state index contributed by atoms with van der Waals surface area (Å²) in [6.45, 7) is 0.845. The molecule has 2 rings (SSSR count). The maximum atomic E-state index is 11.9. The Hall–Kier alpha value is -2.15. The molecule has 0 bridgehead atoms. The highest BCUT2D eigenvalue weighted by atomic mass is 16.5. The largest absolute Gasteiger partial charge is 0.383 e. The number of rotatable bonds is 4. The van der Waals surface area contributed by atoms with Crippen molar-refractivity contribution in [1.82, 2.24) is 19.5 Å². The number of ether oxygens (including phenoxy) is 1. The fourth-order valence-corrected chi connectivity index (χ4v) is 1.71. The molecule has 0 unspecified atom stereocenters. The molecule has 18 heavy (non-hydrogen) atoms. The van der Waals surface area contributed by atoms with E-state index in [0.717, 1.165) is 0 Å². The topological polar surface area (TPSA) is 77.6 Å². The molecule has 0 radical (unpaired) electrons. The number of nitrogens with one attached hydrogen (secondary N) is 1. The van der Waals surface area contributed by atoms with E-state index in [1.165, 1.54) is 21.5 Å². The van der Waals surface area contributed by atoms with Gasteiger partial charge in [-0.1, -0.05) is 0 Å². The van der Waals surface area contributed by atoms with Crippen LogP contribution in [0.4, 0.5) is 0 Å². The van der Waals surface area contributed by atoms with Gasteiger partial charge >= 0.3 is 0 Å². The normalized spacial score (nSPS) is 10.8. The minimum absolute atomic E-state index is 0.224. The second-order valence-corrected chi connectivity index (χ2v) is 3.78. The van der Waals surface area contributed by atoms with Crippen molar-refractivity contribution >= 4 is 11.6 Å². The summed E-state index contributed by atoms with van der Waals surface area (Å²) in [6, 6.07) is 1.35. The molecule has 0 saturated carbocycles. The number of aromatic nitrogens is 3. The van der Waals surface area contributed by atoms with Crippen LogP contribution in [0.15, 0.2) is 23.3 Å². The highest BCUT2D eigenvalue weighted by molar-refractivity contribution is 5.99.